The normalized spacial score (nSPS) is 10.3. The second-order valence-electron chi connectivity index (χ2n) is 5.58. The highest BCUT2D eigenvalue weighted by Gasteiger charge is 2.17. The number of halogens is 3. The molecule has 0 heterocycles. The van der Waals surface area contributed by atoms with Crippen LogP contribution in [0.25, 0.3) is 0 Å². The maximum Gasteiger partial charge on any atom is 0.196 e. The Morgan fingerprint density at radius 2 is 1.59 bits per heavy atom. The summed E-state index contributed by atoms with van der Waals surface area (Å²) in [6.07, 6.45) is 0. The third kappa shape index (κ3) is 4.83. The van der Waals surface area contributed by atoms with Gasteiger partial charge in [0.05, 0.1) is 10.7 Å². The summed E-state index contributed by atoms with van der Waals surface area (Å²) in [6.45, 7) is 0. The fourth-order valence-corrected chi connectivity index (χ4v) is 3.04. The Bertz CT molecular complexity index is 1010. The van der Waals surface area contributed by atoms with Crippen LogP contribution in [-0.4, -0.2) is 10.9 Å². The molecular formula is C20H13Cl2FN2OS. The molecule has 0 saturated carbocycles. The van der Waals surface area contributed by atoms with Gasteiger partial charge in [-0.3, -0.25) is 4.79 Å². The molecule has 0 aromatic heterocycles. The summed E-state index contributed by atoms with van der Waals surface area (Å²) >= 11 is 17.5. The van der Waals surface area contributed by atoms with Gasteiger partial charge in [-0.05, 0) is 66.8 Å². The molecule has 3 nitrogen and oxygen atoms in total. The Labute approximate surface area is 171 Å². The van der Waals surface area contributed by atoms with Crippen LogP contribution in [0.5, 0.6) is 0 Å². The topological polar surface area (TPSA) is 41.1 Å². The summed E-state index contributed by atoms with van der Waals surface area (Å²) in [6, 6.07) is 17.4. The van der Waals surface area contributed by atoms with Gasteiger partial charge < -0.3 is 10.6 Å². The van der Waals surface area contributed by atoms with Gasteiger partial charge in [-0.25, -0.2) is 4.39 Å². The summed E-state index contributed by atoms with van der Waals surface area (Å²) in [4.78, 5) is 12.9. The fraction of sp³-hybridized carbons (Fsp3) is 0. The number of nitrogens with one attached hydrogen (secondary N) is 2. The minimum atomic E-state index is -0.343. The molecule has 3 aromatic rings. The Morgan fingerprint density at radius 3 is 2.30 bits per heavy atom. The van der Waals surface area contributed by atoms with Gasteiger partial charge >= 0.3 is 0 Å². The average molecular weight is 419 g/mol. The van der Waals surface area contributed by atoms with E-state index in [1.807, 2.05) is 0 Å². The minimum absolute atomic E-state index is 0.247. The van der Waals surface area contributed by atoms with Crippen molar-refractivity contribution < 1.29 is 9.18 Å². The first-order valence-corrected chi connectivity index (χ1v) is 9.03. The van der Waals surface area contributed by atoms with Gasteiger partial charge in [-0.15, -0.1) is 0 Å². The Kier molecular flexibility index (Phi) is 6.06. The SMILES string of the molecule is O=C(c1ccccc1Cl)c1cc(Cl)ccc1NC(=S)Nc1ccc(F)cc1. The van der Waals surface area contributed by atoms with Crippen molar-refractivity contribution in [3.63, 3.8) is 0 Å². The van der Waals surface area contributed by atoms with E-state index in [2.05, 4.69) is 10.6 Å². The number of rotatable bonds is 4. The highest BCUT2D eigenvalue weighted by Crippen LogP contribution is 2.26. The lowest BCUT2D eigenvalue weighted by Gasteiger charge is -2.14. The van der Waals surface area contributed by atoms with Gasteiger partial charge in [0.1, 0.15) is 5.82 Å². The molecule has 2 N–H and O–H groups in total. The van der Waals surface area contributed by atoms with Gasteiger partial charge in [0.15, 0.2) is 10.9 Å². The second-order valence-corrected chi connectivity index (χ2v) is 6.84. The van der Waals surface area contributed by atoms with Crippen molar-refractivity contribution in [3.8, 4) is 0 Å². The van der Waals surface area contributed by atoms with Gasteiger partial charge in [-0.1, -0.05) is 35.3 Å². The van der Waals surface area contributed by atoms with E-state index in [1.165, 1.54) is 12.1 Å². The molecule has 0 fully saturated rings. The van der Waals surface area contributed by atoms with Crippen molar-refractivity contribution in [1.82, 2.24) is 0 Å². The van der Waals surface area contributed by atoms with Crippen LogP contribution >= 0.6 is 35.4 Å². The largest absolute Gasteiger partial charge is 0.332 e. The predicted molar refractivity (Wildman–Crippen MR) is 113 cm³/mol. The summed E-state index contributed by atoms with van der Waals surface area (Å²) in [7, 11) is 0. The maximum absolute atomic E-state index is 13.0. The van der Waals surface area contributed by atoms with Gasteiger partial charge in [0.25, 0.3) is 0 Å². The lowest BCUT2D eigenvalue weighted by molar-refractivity contribution is 0.103. The molecule has 0 aliphatic heterocycles. The summed E-state index contributed by atoms with van der Waals surface area (Å²) < 4.78 is 13.0. The smallest absolute Gasteiger partial charge is 0.196 e. The molecule has 0 aliphatic rings. The number of hydrogen-bond donors (Lipinski definition) is 2. The number of hydrogen-bond acceptors (Lipinski definition) is 2. The summed E-state index contributed by atoms with van der Waals surface area (Å²) in [5, 5.41) is 6.91. The molecule has 3 rings (SSSR count). The van der Waals surface area contributed by atoms with Crippen molar-refractivity contribution >= 4 is 57.7 Å². The van der Waals surface area contributed by atoms with Crippen molar-refractivity contribution in [2.24, 2.45) is 0 Å². The van der Waals surface area contributed by atoms with Crippen LogP contribution in [0.15, 0.2) is 66.7 Å². The van der Waals surface area contributed by atoms with E-state index in [0.29, 0.717) is 32.5 Å². The third-order valence-corrected chi connectivity index (χ3v) is 4.46. The molecule has 0 atom stereocenters. The number of ketones is 1. The van der Waals surface area contributed by atoms with Gasteiger partial charge in [0.2, 0.25) is 0 Å². The quantitative estimate of drug-likeness (QED) is 0.392. The molecule has 3 aromatic carbocycles. The molecule has 0 amide bonds. The summed E-state index contributed by atoms with van der Waals surface area (Å²) in [5.41, 5.74) is 1.78. The molecule has 0 aliphatic carbocycles. The maximum atomic E-state index is 13.0. The Morgan fingerprint density at radius 1 is 0.889 bits per heavy atom. The van der Waals surface area contributed by atoms with E-state index in [9.17, 15) is 9.18 Å². The Hall–Kier alpha value is -2.47. The lowest BCUT2D eigenvalue weighted by Crippen LogP contribution is -2.21. The number of anilines is 2. The third-order valence-electron chi connectivity index (χ3n) is 3.70. The standard InChI is InChI=1S/C20H13Cl2FN2OS/c21-12-5-10-18(25-20(27)24-14-8-6-13(23)7-9-14)16(11-12)19(26)15-3-1-2-4-17(15)22/h1-11H,(H2,24,25,27). The number of carbonyl (C=O) groups excluding carboxylic acids is 1. The molecule has 0 unspecified atom stereocenters. The molecule has 7 heteroatoms. The van der Waals surface area contributed by atoms with Crippen molar-refractivity contribution in [1.29, 1.82) is 0 Å². The Balaban J connectivity index is 1.86. The minimum Gasteiger partial charge on any atom is -0.332 e. The van der Waals surface area contributed by atoms with E-state index in [4.69, 9.17) is 35.4 Å². The highest BCUT2D eigenvalue weighted by molar-refractivity contribution is 7.80. The zero-order chi connectivity index (χ0) is 19.4. The van der Waals surface area contributed by atoms with Crippen LogP contribution in [-0.2, 0) is 0 Å². The molecular weight excluding hydrogens is 406 g/mol. The molecule has 0 bridgehead atoms. The first-order chi connectivity index (χ1) is 12.9. The van der Waals surface area contributed by atoms with E-state index >= 15 is 0 Å². The predicted octanol–water partition coefficient (Wildman–Crippen LogP) is 6.17. The monoisotopic (exact) mass is 418 g/mol. The zero-order valence-electron chi connectivity index (χ0n) is 13.8. The highest BCUT2D eigenvalue weighted by atomic mass is 35.5. The number of carbonyl (C=O) groups is 1. The second kappa shape index (κ2) is 8.48. The molecule has 27 heavy (non-hydrogen) atoms. The van der Waals surface area contributed by atoms with Crippen LogP contribution in [0.4, 0.5) is 15.8 Å². The van der Waals surface area contributed by atoms with Crippen LogP contribution < -0.4 is 10.6 Å². The molecule has 136 valence electrons. The first kappa shape index (κ1) is 19.3. The van der Waals surface area contributed by atoms with E-state index < -0.39 is 0 Å². The van der Waals surface area contributed by atoms with Crippen molar-refractivity contribution in [2.45, 2.75) is 0 Å². The van der Waals surface area contributed by atoms with Crippen molar-refractivity contribution in [2.75, 3.05) is 10.6 Å². The van der Waals surface area contributed by atoms with E-state index in [1.54, 1.807) is 54.6 Å². The zero-order valence-corrected chi connectivity index (χ0v) is 16.1. The van der Waals surface area contributed by atoms with Crippen LogP contribution in [0.2, 0.25) is 10.0 Å². The fourth-order valence-electron chi connectivity index (χ4n) is 2.42. The van der Waals surface area contributed by atoms with Crippen LogP contribution in [0, 0.1) is 5.82 Å². The average Bonchev–Trinajstić information content (AvgIpc) is 2.65. The summed E-state index contributed by atoms with van der Waals surface area (Å²) in [5.74, 6) is -0.625. The lowest BCUT2D eigenvalue weighted by atomic mass is 10.0. The number of benzene rings is 3. The van der Waals surface area contributed by atoms with Crippen molar-refractivity contribution in [3.05, 3.63) is 93.7 Å². The van der Waals surface area contributed by atoms with Crippen LogP contribution in [0.3, 0.4) is 0 Å². The van der Waals surface area contributed by atoms with E-state index in [0.717, 1.165) is 0 Å². The number of thiocarbonyl (C=S) groups is 1. The molecule has 0 spiro atoms. The molecule has 0 radical (unpaired) electrons. The van der Waals surface area contributed by atoms with Gasteiger partial charge in [-0.2, -0.15) is 0 Å². The van der Waals surface area contributed by atoms with Gasteiger partial charge in [0, 0.05) is 21.8 Å². The van der Waals surface area contributed by atoms with E-state index in [-0.39, 0.29) is 16.7 Å². The van der Waals surface area contributed by atoms with Crippen LogP contribution in [0.1, 0.15) is 15.9 Å². The first-order valence-electron chi connectivity index (χ1n) is 7.86. The molecule has 0 saturated heterocycles.